The van der Waals surface area contributed by atoms with Gasteiger partial charge in [-0.1, -0.05) is 30.3 Å². The third-order valence-corrected chi connectivity index (χ3v) is 7.97. The third-order valence-electron chi connectivity index (χ3n) is 6.90. The number of piperidine rings is 2. The number of primary amides is 1. The van der Waals surface area contributed by atoms with E-state index in [2.05, 4.69) is 40.2 Å². The standard InChI is InChI=1S/C25H29N5O2S/c1-16-27-23(20-15-21(33-24(20)28-16)17-5-3-2-4-6-17)29-11-9-19(10-12-29)25(32)30-13-7-18(8-14-30)22(26)31/h2-6,15,18-19H,7-14H2,1H3,(H2,26,31). The zero-order valence-electron chi connectivity index (χ0n) is 18.9. The molecule has 0 saturated carbocycles. The summed E-state index contributed by atoms with van der Waals surface area (Å²) < 4.78 is 0. The Kier molecular flexibility index (Phi) is 6.01. The minimum Gasteiger partial charge on any atom is -0.369 e. The number of likely N-dealkylation sites (tertiary alicyclic amines) is 1. The molecule has 2 amide bonds. The maximum absolute atomic E-state index is 13.1. The quantitative estimate of drug-likeness (QED) is 0.638. The van der Waals surface area contributed by atoms with Crippen LogP contribution in [-0.2, 0) is 9.59 Å². The fourth-order valence-electron chi connectivity index (χ4n) is 4.98. The summed E-state index contributed by atoms with van der Waals surface area (Å²) in [5.41, 5.74) is 6.62. The van der Waals surface area contributed by atoms with Crippen molar-refractivity contribution in [3.05, 3.63) is 42.2 Å². The molecule has 2 N–H and O–H groups in total. The summed E-state index contributed by atoms with van der Waals surface area (Å²) >= 11 is 1.70. The fourth-order valence-corrected chi connectivity index (χ4v) is 6.05. The van der Waals surface area contributed by atoms with Gasteiger partial charge in [0.2, 0.25) is 11.8 Å². The molecule has 0 aliphatic carbocycles. The number of anilines is 1. The molecule has 2 aromatic heterocycles. The van der Waals surface area contributed by atoms with Crippen molar-refractivity contribution in [1.29, 1.82) is 0 Å². The van der Waals surface area contributed by atoms with Crippen LogP contribution in [0.3, 0.4) is 0 Å². The van der Waals surface area contributed by atoms with E-state index in [0.717, 1.165) is 47.8 Å². The lowest BCUT2D eigenvalue weighted by Crippen LogP contribution is -2.47. The van der Waals surface area contributed by atoms with E-state index < -0.39 is 0 Å². The number of nitrogens with two attached hydrogens (primary N) is 1. The molecule has 3 aromatic rings. The van der Waals surface area contributed by atoms with E-state index in [4.69, 9.17) is 10.7 Å². The highest BCUT2D eigenvalue weighted by atomic mass is 32.1. The average Bonchev–Trinajstić information content (AvgIpc) is 3.28. The average molecular weight is 464 g/mol. The van der Waals surface area contributed by atoms with Crippen molar-refractivity contribution in [3.63, 3.8) is 0 Å². The summed E-state index contributed by atoms with van der Waals surface area (Å²) in [4.78, 5) is 40.4. The number of fused-ring (bicyclic) bond motifs is 1. The van der Waals surface area contributed by atoms with E-state index in [0.29, 0.717) is 25.9 Å². The fraction of sp³-hybridized carbons (Fsp3) is 0.440. The highest BCUT2D eigenvalue weighted by Gasteiger charge is 2.32. The van der Waals surface area contributed by atoms with E-state index in [1.807, 2.05) is 17.9 Å². The number of hydrogen-bond donors (Lipinski definition) is 1. The van der Waals surface area contributed by atoms with Crippen molar-refractivity contribution in [2.45, 2.75) is 32.6 Å². The number of thiophene rings is 1. The summed E-state index contributed by atoms with van der Waals surface area (Å²) in [6, 6.07) is 12.6. The molecule has 172 valence electrons. The van der Waals surface area contributed by atoms with Crippen LogP contribution in [0.2, 0.25) is 0 Å². The van der Waals surface area contributed by atoms with Gasteiger partial charge in [0.15, 0.2) is 0 Å². The highest BCUT2D eigenvalue weighted by molar-refractivity contribution is 7.21. The lowest BCUT2D eigenvalue weighted by molar-refractivity contribution is -0.139. The van der Waals surface area contributed by atoms with Crippen molar-refractivity contribution >= 4 is 39.2 Å². The minimum absolute atomic E-state index is 0.0344. The van der Waals surface area contributed by atoms with Crippen LogP contribution < -0.4 is 10.6 Å². The van der Waals surface area contributed by atoms with Crippen LogP contribution in [0.4, 0.5) is 5.82 Å². The van der Waals surface area contributed by atoms with Gasteiger partial charge in [-0.15, -0.1) is 11.3 Å². The maximum atomic E-state index is 13.1. The predicted molar refractivity (Wildman–Crippen MR) is 131 cm³/mol. The summed E-state index contributed by atoms with van der Waals surface area (Å²) in [5, 5.41) is 1.09. The van der Waals surface area contributed by atoms with Crippen LogP contribution >= 0.6 is 11.3 Å². The van der Waals surface area contributed by atoms with E-state index in [-0.39, 0.29) is 23.7 Å². The first-order chi connectivity index (χ1) is 16.0. The minimum atomic E-state index is -0.245. The molecular formula is C25H29N5O2S. The van der Waals surface area contributed by atoms with Gasteiger partial charge in [-0.3, -0.25) is 9.59 Å². The number of benzene rings is 1. The van der Waals surface area contributed by atoms with Crippen molar-refractivity contribution in [3.8, 4) is 10.4 Å². The molecule has 2 fully saturated rings. The molecule has 33 heavy (non-hydrogen) atoms. The monoisotopic (exact) mass is 463 g/mol. The maximum Gasteiger partial charge on any atom is 0.225 e. The Bertz CT molecular complexity index is 1160. The topological polar surface area (TPSA) is 92.4 Å². The SMILES string of the molecule is Cc1nc(N2CCC(C(=O)N3CCC(C(N)=O)CC3)CC2)c2cc(-c3ccccc3)sc2n1. The molecule has 2 aliphatic rings. The van der Waals surface area contributed by atoms with E-state index in [1.54, 1.807) is 11.3 Å². The predicted octanol–water partition coefficient (Wildman–Crippen LogP) is 3.61. The van der Waals surface area contributed by atoms with Gasteiger partial charge < -0.3 is 15.5 Å². The van der Waals surface area contributed by atoms with Gasteiger partial charge in [0.25, 0.3) is 0 Å². The highest BCUT2D eigenvalue weighted by Crippen LogP contribution is 2.37. The van der Waals surface area contributed by atoms with E-state index in [9.17, 15) is 9.59 Å². The Morgan fingerprint density at radius 2 is 1.64 bits per heavy atom. The van der Waals surface area contributed by atoms with Gasteiger partial charge in [-0.2, -0.15) is 0 Å². The summed E-state index contributed by atoms with van der Waals surface area (Å²) in [6.45, 7) is 4.81. The number of amides is 2. The first kappa shape index (κ1) is 21.8. The molecule has 7 nitrogen and oxygen atoms in total. The van der Waals surface area contributed by atoms with Gasteiger partial charge in [0, 0.05) is 42.9 Å². The van der Waals surface area contributed by atoms with E-state index in [1.165, 1.54) is 10.4 Å². The first-order valence-electron chi connectivity index (χ1n) is 11.7. The number of nitrogens with zero attached hydrogens (tertiary/aromatic N) is 4. The Labute approximate surface area is 197 Å². The number of rotatable bonds is 4. The molecule has 0 spiro atoms. The molecule has 5 rings (SSSR count). The van der Waals surface area contributed by atoms with Crippen molar-refractivity contribution < 1.29 is 9.59 Å². The molecule has 0 bridgehead atoms. The van der Waals surface area contributed by atoms with Crippen molar-refractivity contribution in [2.75, 3.05) is 31.1 Å². The molecule has 0 unspecified atom stereocenters. The number of hydrogen-bond acceptors (Lipinski definition) is 6. The smallest absolute Gasteiger partial charge is 0.225 e. The van der Waals surface area contributed by atoms with Crippen LogP contribution in [0.5, 0.6) is 0 Å². The van der Waals surface area contributed by atoms with Gasteiger partial charge in [-0.25, -0.2) is 9.97 Å². The van der Waals surface area contributed by atoms with E-state index >= 15 is 0 Å². The Morgan fingerprint density at radius 3 is 2.30 bits per heavy atom. The second-order valence-electron chi connectivity index (χ2n) is 9.05. The molecule has 1 aromatic carbocycles. The van der Waals surface area contributed by atoms with Gasteiger partial charge in [-0.05, 0) is 44.2 Å². The summed E-state index contributed by atoms with van der Waals surface area (Å²) in [5.74, 6) is 1.67. The zero-order valence-corrected chi connectivity index (χ0v) is 19.7. The summed E-state index contributed by atoms with van der Waals surface area (Å²) in [7, 11) is 0. The van der Waals surface area contributed by atoms with Gasteiger partial charge >= 0.3 is 0 Å². The molecule has 0 atom stereocenters. The second kappa shape index (κ2) is 9.09. The lowest BCUT2D eigenvalue weighted by atomic mass is 9.92. The van der Waals surface area contributed by atoms with Crippen LogP contribution in [0, 0.1) is 18.8 Å². The number of carbonyl (C=O) groups is 2. The van der Waals surface area contributed by atoms with Gasteiger partial charge in [0.05, 0.1) is 5.39 Å². The largest absolute Gasteiger partial charge is 0.369 e. The first-order valence-corrected chi connectivity index (χ1v) is 12.5. The molecule has 8 heteroatoms. The normalized spacial score (nSPS) is 18.1. The van der Waals surface area contributed by atoms with Crippen LogP contribution in [0.25, 0.3) is 20.7 Å². The summed E-state index contributed by atoms with van der Waals surface area (Å²) in [6.07, 6.45) is 2.99. The van der Waals surface area contributed by atoms with Gasteiger partial charge in [0.1, 0.15) is 16.5 Å². The molecule has 2 saturated heterocycles. The Hall–Kier alpha value is -3.00. The van der Waals surface area contributed by atoms with Crippen LogP contribution in [0.1, 0.15) is 31.5 Å². The Balaban J connectivity index is 1.29. The number of aryl methyl sites for hydroxylation is 1. The van der Waals surface area contributed by atoms with Crippen LogP contribution in [-0.4, -0.2) is 52.9 Å². The molecule has 4 heterocycles. The molecular weight excluding hydrogens is 434 g/mol. The number of carbonyl (C=O) groups excluding carboxylic acids is 2. The number of aromatic nitrogens is 2. The van der Waals surface area contributed by atoms with Crippen molar-refractivity contribution in [1.82, 2.24) is 14.9 Å². The van der Waals surface area contributed by atoms with Crippen LogP contribution in [0.15, 0.2) is 36.4 Å². The zero-order chi connectivity index (χ0) is 22.9. The third kappa shape index (κ3) is 4.44. The Morgan fingerprint density at radius 1 is 0.970 bits per heavy atom. The molecule has 2 aliphatic heterocycles. The molecule has 0 radical (unpaired) electrons. The van der Waals surface area contributed by atoms with Crippen molar-refractivity contribution in [2.24, 2.45) is 17.6 Å². The lowest BCUT2D eigenvalue weighted by Gasteiger charge is -2.37. The second-order valence-corrected chi connectivity index (χ2v) is 10.1.